The number of hydrogen-bond acceptors (Lipinski definition) is 3. The van der Waals surface area contributed by atoms with Gasteiger partial charge >= 0.3 is 0 Å². The molecule has 0 radical (unpaired) electrons. The first-order valence-electron chi connectivity index (χ1n) is 4.23. The van der Waals surface area contributed by atoms with E-state index < -0.39 is 0 Å². The first-order chi connectivity index (χ1) is 5.74. The van der Waals surface area contributed by atoms with E-state index in [1.165, 1.54) is 0 Å². The molecule has 1 N–H and O–H groups in total. The van der Waals surface area contributed by atoms with Crippen molar-refractivity contribution in [2.75, 3.05) is 13.7 Å². The fourth-order valence-corrected chi connectivity index (χ4v) is 1.40. The molecule has 1 saturated heterocycles. The second-order valence-corrected chi connectivity index (χ2v) is 3.00. The second kappa shape index (κ2) is 4.26. The summed E-state index contributed by atoms with van der Waals surface area (Å²) in [5, 5.41) is 3.17. The quantitative estimate of drug-likeness (QED) is 0.623. The molecule has 0 amide bonds. The SMILES string of the molecule is COC1CCCN/C1=C/C(C)=O. The van der Waals surface area contributed by atoms with E-state index in [1.54, 1.807) is 20.1 Å². The maximum absolute atomic E-state index is 10.8. The van der Waals surface area contributed by atoms with Crippen molar-refractivity contribution in [2.45, 2.75) is 25.9 Å². The van der Waals surface area contributed by atoms with Crippen LogP contribution in [0.1, 0.15) is 19.8 Å². The van der Waals surface area contributed by atoms with Crippen LogP contribution in [-0.2, 0) is 9.53 Å². The Hall–Kier alpha value is -0.830. The zero-order valence-corrected chi connectivity index (χ0v) is 7.59. The Bertz CT molecular complexity index is 199. The summed E-state index contributed by atoms with van der Waals surface area (Å²) in [4.78, 5) is 10.8. The molecule has 68 valence electrons. The van der Waals surface area contributed by atoms with Crippen LogP contribution in [0.5, 0.6) is 0 Å². The minimum Gasteiger partial charge on any atom is -0.386 e. The highest BCUT2D eigenvalue weighted by Gasteiger charge is 2.17. The van der Waals surface area contributed by atoms with Crippen molar-refractivity contribution in [3.63, 3.8) is 0 Å². The van der Waals surface area contributed by atoms with Crippen LogP contribution < -0.4 is 5.32 Å². The minimum atomic E-state index is 0.0708. The minimum absolute atomic E-state index is 0.0708. The zero-order valence-electron chi connectivity index (χ0n) is 7.59. The van der Waals surface area contributed by atoms with Crippen LogP contribution in [-0.4, -0.2) is 25.5 Å². The normalized spacial score (nSPS) is 26.8. The van der Waals surface area contributed by atoms with Crippen LogP contribution in [0.25, 0.3) is 0 Å². The topological polar surface area (TPSA) is 38.3 Å². The van der Waals surface area contributed by atoms with Gasteiger partial charge in [0.25, 0.3) is 0 Å². The van der Waals surface area contributed by atoms with Gasteiger partial charge < -0.3 is 10.1 Å². The lowest BCUT2D eigenvalue weighted by Crippen LogP contribution is -2.32. The third-order valence-corrected chi connectivity index (χ3v) is 1.96. The molecule has 0 saturated carbocycles. The molecule has 0 spiro atoms. The summed E-state index contributed by atoms with van der Waals surface area (Å²) in [5.74, 6) is 0.0708. The molecular weight excluding hydrogens is 154 g/mol. The molecule has 1 aliphatic heterocycles. The van der Waals surface area contributed by atoms with Gasteiger partial charge in [-0.15, -0.1) is 0 Å². The van der Waals surface area contributed by atoms with Gasteiger partial charge in [0.15, 0.2) is 5.78 Å². The Morgan fingerprint density at radius 2 is 2.50 bits per heavy atom. The van der Waals surface area contributed by atoms with Crippen LogP contribution in [0.2, 0.25) is 0 Å². The fraction of sp³-hybridized carbons (Fsp3) is 0.667. The lowest BCUT2D eigenvalue weighted by molar-refractivity contribution is -0.112. The molecular formula is C9H15NO2. The van der Waals surface area contributed by atoms with Crippen molar-refractivity contribution in [3.05, 3.63) is 11.8 Å². The van der Waals surface area contributed by atoms with Crippen molar-refractivity contribution in [3.8, 4) is 0 Å². The zero-order chi connectivity index (χ0) is 8.97. The van der Waals surface area contributed by atoms with Crippen LogP contribution in [0.4, 0.5) is 0 Å². The Labute approximate surface area is 72.8 Å². The molecule has 1 atom stereocenters. The van der Waals surface area contributed by atoms with Gasteiger partial charge in [0.2, 0.25) is 0 Å². The number of methoxy groups -OCH3 is 1. The summed E-state index contributed by atoms with van der Waals surface area (Å²) >= 11 is 0. The van der Waals surface area contributed by atoms with Gasteiger partial charge in [-0.3, -0.25) is 4.79 Å². The van der Waals surface area contributed by atoms with E-state index in [2.05, 4.69) is 5.32 Å². The van der Waals surface area contributed by atoms with Crippen LogP contribution in [0.3, 0.4) is 0 Å². The van der Waals surface area contributed by atoms with Gasteiger partial charge in [-0.05, 0) is 19.8 Å². The highest BCUT2D eigenvalue weighted by molar-refractivity contribution is 5.88. The smallest absolute Gasteiger partial charge is 0.154 e. The van der Waals surface area contributed by atoms with E-state index in [9.17, 15) is 4.79 Å². The lowest BCUT2D eigenvalue weighted by atomic mass is 10.1. The number of piperidine rings is 1. The summed E-state index contributed by atoms with van der Waals surface area (Å²) < 4.78 is 5.22. The number of allylic oxidation sites excluding steroid dienone is 1. The molecule has 12 heavy (non-hydrogen) atoms. The monoisotopic (exact) mass is 169 g/mol. The van der Waals surface area contributed by atoms with Crippen molar-refractivity contribution >= 4 is 5.78 Å². The Balaban J connectivity index is 2.64. The van der Waals surface area contributed by atoms with Crippen LogP contribution >= 0.6 is 0 Å². The Kier molecular flexibility index (Phi) is 3.29. The standard InChI is InChI=1S/C9H15NO2/c1-7(11)6-8-9(12-2)4-3-5-10-8/h6,9-10H,3-5H2,1-2H3/b8-6+. The summed E-state index contributed by atoms with van der Waals surface area (Å²) in [6.45, 7) is 2.50. The van der Waals surface area contributed by atoms with Gasteiger partial charge in [0, 0.05) is 25.4 Å². The molecule has 0 aliphatic carbocycles. The largest absolute Gasteiger partial charge is 0.386 e. The molecule has 3 heteroatoms. The number of nitrogens with one attached hydrogen (secondary N) is 1. The third kappa shape index (κ3) is 2.34. The lowest BCUT2D eigenvalue weighted by Gasteiger charge is -2.25. The maximum atomic E-state index is 10.8. The number of carbonyl (C=O) groups excluding carboxylic acids is 1. The van der Waals surface area contributed by atoms with Crippen LogP contribution in [0, 0.1) is 0 Å². The molecule has 0 aromatic heterocycles. The van der Waals surface area contributed by atoms with Crippen molar-refractivity contribution in [1.82, 2.24) is 5.32 Å². The van der Waals surface area contributed by atoms with Gasteiger partial charge in [-0.2, -0.15) is 0 Å². The van der Waals surface area contributed by atoms with Gasteiger partial charge in [-0.25, -0.2) is 0 Å². The van der Waals surface area contributed by atoms with Crippen molar-refractivity contribution in [1.29, 1.82) is 0 Å². The predicted molar refractivity (Wildman–Crippen MR) is 46.8 cm³/mol. The number of rotatable bonds is 2. The first kappa shape index (κ1) is 9.26. The molecule has 1 unspecified atom stereocenters. The molecule has 1 fully saturated rings. The maximum Gasteiger partial charge on any atom is 0.154 e. The predicted octanol–water partition coefficient (Wildman–Crippen LogP) is 0.858. The molecule has 0 aromatic carbocycles. The van der Waals surface area contributed by atoms with Crippen molar-refractivity contribution < 1.29 is 9.53 Å². The van der Waals surface area contributed by atoms with E-state index in [1.807, 2.05) is 0 Å². The fourth-order valence-electron chi connectivity index (χ4n) is 1.40. The molecule has 1 aliphatic rings. The molecule has 1 heterocycles. The summed E-state index contributed by atoms with van der Waals surface area (Å²) in [6, 6.07) is 0. The molecule has 0 aromatic rings. The van der Waals surface area contributed by atoms with E-state index >= 15 is 0 Å². The number of ketones is 1. The number of carbonyl (C=O) groups is 1. The summed E-state index contributed by atoms with van der Waals surface area (Å²) in [5.41, 5.74) is 0.927. The van der Waals surface area contributed by atoms with E-state index in [-0.39, 0.29) is 11.9 Å². The van der Waals surface area contributed by atoms with E-state index in [0.29, 0.717) is 0 Å². The second-order valence-electron chi connectivity index (χ2n) is 3.00. The summed E-state index contributed by atoms with van der Waals surface area (Å²) in [6.07, 6.45) is 3.81. The Morgan fingerprint density at radius 3 is 3.08 bits per heavy atom. The first-order valence-corrected chi connectivity index (χ1v) is 4.23. The molecule has 3 nitrogen and oxygen atoms in total. The van der Waals surface area contributed by atoms with Gasteiger partial charge in [0.05, 0.1) is 6.10 Å². The highest BCUT2D eigenvalue weighted by Crippen LogP contribution is 2.14. The number of hydrogen-bond donors (Lipinski definition) is 1. The average Bonchev–Trinajstić information content (AvgIpc) is 2.04. The van der Waals surface area contributed by atoms with E-state index in [4.69, 9.17) is 4.74 Å². The number of ether oxygens (including phenoxy) is 1. The van der Waals surface area contributed by atoms with E-state index in [0.717, 1.165) is 25.1 Å². The highest BCUT2D eigenvalue weighted by atomic mass is 16.5. The summed E-state index contributed by atoms with van der Waals surface area (Å²) in [7, 11) is 1.67. The Morgan fingerprint density at radius 1 is 1.75 bits per heavy atom. The van der Waals surface area contributed by atoms with Crippen LogP contribution in [0.15, 0.2) is 11.8 Å². The van der Waals surface area contributed by atoms with Crippen molar-refractivity contribution in [2.24, 2.45) is 0 Å². The van der Waals surface area contributed by atoms with Gasteiger partial charge in [-0.1, -0.05) is 0 Å². The van der Waals surface area contributed by atoms with Gasteiger partial charge in [0.1, 0.15) is 0 Å². The molecule has 1 rings (SSSR count). The molecule has 0 bridgehead atoms. The average molecular weight is 169 g/mol. The third-order valence-electron chi connectivity index (χ3n) is 1.96.